The van der Waals surface area contributed by atoms with Crippen molar-refractivity contribution in [2.75, 3.05) is 5.32 Å². The molecule has 174 valence electrons. The fraction of sp³-hybridized carbons (Fsp3) is 0.524. The molecule has 0 saturated heterocycles. The van der Waals surface area contributed by atoms with Crippen molar-refractivity contribution in [2.45, 2.75) is 70.0 Å². The molecule has 2 aliphatic carbocycles. The molecule has 0 spiro atoms. The van der Waals surface area contributed by atoms with Crippen molar-refractivity contribution in [1.29, 1.82) is 0 Å². The van der Waals surface area contributed by atoms with Gasteiger partial charge in [-0.25, -0.2) is 9.79 Å². The molecule has 3 heterocycles. The van der Waals surface area contributed by atoms with E-state index < -0.39 is 5.69 Å². The highest BCUT2D eigenvalue weighted by molar-refractivity contribution is 5.75. The molecule has 0 radical (unpaired) electrons. The van der Waals surface area contributed by atoms with Gasteiger partial charge in [-0.3, -0.25) is 9.78 Å². The topological polar surface area (TPSA) is 165 Å². The average Bonchev–Trinajstić information content (AvgIpc) is 3.43. The van der Waals surface area contributed by atoms with Crippen molar-refractivity contribution in [3.8, 4) is 5.88 Å². The number of nitrogens with one attached hydrogen (secondary N) is 4. The van der Waals surface area contributed by atoms with Crippen LogP contribution < -0.4 is 27.2 Å². The molecule has 0 aliphatic heterocycles. The molecule has 5 N–H and O–H groups in total. The summed E-state index contributed by atoms with van der Waals surface area (Å²) in [5.41, 5.74) is 0.746. The molecule has 3 aromatic heterocycles. The molecule has 0 aromatic carbocycles. The van der Waals surface area contributed by atoms with Crippen molar-refractivity contribution < 1.29 is 9.90 Å². The Morgan fingerprint density at radius 2 is 1.97 bits per heavy atom. The second-order valence-corrected chi connectivity index (χ2v) is 8.64. The first kappa shape index (κ1) is 21.2. The summed E-state index contributed by atoms with van der Waals surface area (Å²) in [5, 5.41) is 21.4. The molecular weight excluding hydrogens is 426 g/mol. The third kappa shape index (κ3) is 4.73. The van der Waals surface area contributed by atoms with Gasteiger partial charge in [-0.1, -0.05) is 6.92 Å². The monoisotopic (exact) mass is 453 g/mol. The van der Waals surface area contributed by atoms with Crippen LogP contribution in [0.3, 0.4) is 0 Å². The lowest BCUT2D eigenvalue weighted by atomic mass is 9.91. The molecule has 12 nitrogen and oxygen atoms in total. The number of carbonyl (C=O) groups is 1. The van der Waals surface area contributed by atoms with Gasteiger partial charge in [0.2, 0.25) is 17.7 Å². The zero-order valence-electron chi connectivity index (χ0n) is 18.3. The number of aromatic amines is 2. The van der Waals surface area contributed by atoms with Crippen LogP contribution in [-0.2, 0) is 4.79 Å². The number of carbonyl (C=O) groups excluding carboxylic acids is 1. The minimum absolute atomic E-state index is 0.0887. The SMILES string of the molecule is CCC(=O)NC1CCC(Nc2nc(=NC3CC3)n3nc/c(=C/c4[nH]c(=O)[nH]c4O)c3n2)CC1. The predicted octanol–water partition coefficient (Wildman–Crippen LogP) is -0.294. The highest BCUT2D eigenvalue weighted by Crippen LogP contribution is 2.23. The average molecular weight is 454 g/mol. The van der Waals surface area contributed by atoms with Crippen molar-refractivity contribution in [1.82, 2.24) is 34.9 Å². The molecule has 5 rings (SSSR count). The van der Waals surface area contributed by atoms with Crippen molar-refractivity contribution in [3.63, 3.8) is 0 Å². The first-order valence-corrected chi connectivity index (χ1v) is 11.4. The van der Waals surface area contributed by atoms with Gasteiger partial charge >= 0.3 is 5.69 Å². The van der Waals surface area contributed by atoms with Gasteiger partial charge in [0, 0.05) is 23.7 Å². The number of fused-ring (bicyclic) bond motifs is 1. The number of imidazole rings is 1. The fourth-order valence-electron chi connectivity index (χ4n) is 4.04. The number of hydrogen-bond donors (Lipinski definition) is 5. The Labute approximate surface area is 188 Å². The first-order valence-electron chi connectivity index (χ1n) is 11.4. The zero-order chi connectivity index (χ0) is 22.9. The van der Waals surface area contributed by atoms with Gasteiger partial charge in [0.15, 0.2) is 5.65 Å². The summed E-state index contributed by atoms with van der Waals surface area (Å²) in [6.45, 7) is 1.86. The Kier molecular flexibility index (Phi) is 5.56. The lowest BCUT2D eigenvalue weighted by Gasteiger charge is -2.29. The maximum atomic E-state index is 11.7. The van der Waals surface area contributed by atoms with Crippen molar-refractivity contribution >= 4 is 23.6 Å². The van der Waals surface area contributed by atoms with Crippen LogP contribution in [0.15, 0.2) is 16.0 Å². The normalized spacial score (nSPS) is 22.1. The largest absolute Gasteiger partial charge is 0.493 e. The second-order valence-electron chi connectivity index (χ2n) is 8.64. The Bertz CT molecular complexity index is 1340. The summed E-state index contributed by atoms with van der Waals surface area (Å²) in [6.07, 6.45) is 9.36. The molecule has 3 aromatic rings. The highest BCUT2D eigenvalue weighted by Gasteiger charge is 2.24. The van der Waals surface area contributed by atoms with Crippen LogP contribution >= 0.6 is 0 Å². The van der Waals surface area contributed by atoms with Crippen molar-refractivity contribution in [3.05, 3.63) is 33.2 Å². The summed E-state index contributed by atoms with van der Waals surface area (Å²) in [5.74, 6) is 0.303. The van der Waals surface area contributed by atoms with Crippen LogP contribution in [0.25, 0.3) is 11.7 Å². The Morgan fingerprint density at radius 1 is 1.21 bits per heavy atom. The lowest BCUT2D eigenvalue weighted by molar-refractivity contribution is -0.121. The van der Waals surface area contributed by atoms with Crippen LogP contribution in [0.5, 0.6) is 5.88 Å². The van der Waals surface area contributed by atoms with Crippen LogP contribution in [-0.4, -0.2) is 58.7 Å². The quantitative estimate of drug-likeness (QED) is 0.342. The highest BCUT2D eigenvalue weighted by atomic mass is 16.3. The molecule has 1 amide bonds. The van der Waals surface area contributed by atoms with Gasteiger partial charge < -0.3 is 20.7 Å². The number of amides is 1. The number of rotatable bonds is 6. The number of aromatic nitrogens is 6. The number of aromatic hydroxyl groups is 1. The van der Waals surface area contributed by atoms with Crippen molar-refractivity contribution in [2.24, 2.45) is 4.99 Å². The molecule has 0 bridgehead atoms. The van der Waals surface area contributed by atoms with Gasteiger partial charge in [-0.15, -0.1) is 0 Å². The van der Waals surface area contributed by atoms with Crippen LogP contribution in [0.1, 0.15) is 57.6 Å². The Balaban J connectivity index is 1.44. The molecular formula is C21H27N9O3. The number of nitrogens with zero attached hydrogens (tertiary/aromatic N) is 5. The summed E-state index contributed by atoms with van der Waals surface area (Å²) >= 11 is 0. The summed E-state index contributed by atoms with van der Waals surface area (Å²) in [4.78, 5) is 41.9. The van der Waals surface area contributed by atoms with E-state index in [1.165, 1.54) is 0 Å². The van der Waals surface area contributed by atoms with Crippen LogP contribution in [0.4, 0.5) is 5.95 Å². The fourth-order valence-corrected chi connectivity index (χ4v) is 4.04. The van der Waals surface area contributed by atoms with Gasteiger partial charge in [-0.05, 0) is 44.6 Å². The van der Waals surface area contributed by atoms with E-state index in [4.69, 9.17) is 0 Å². The minimum Gasteiger partial charge on any atom is -0.493 e. The maximum absolute atomic E-state index is 11.7. The van der Waals surface area contributed by atoms with Gasteiger partial charge in [-0.2, -0.15) is 19.6 Å². The van der Waals surface area contributed by atoms with Crippen LogP contribution in [0.2, 0.25) is 0 Å². The smallest absolute Gasteiger partial charge is 0.326 e. The van der Waals surface area contributed by atoms with Gasteiger partial charge in [0.05, 0.1) is 12.2 Å². The predicted molar refractivity (Wildman–Crippen MR) is 119 cm³/mol. The molecule has 2 fully saturated rings. The van der Waals surface area contributed by atoms with Crippen LogP contribution in [0, 0.1) is 0 Å². The van der Waals surface area contributed by atoms with E-state index in [-0.39, 0.29) is 35.6 Å². The Morgan fingerprint density at radius 3 is 2.64 bits per heavy atom. The molecule has 12 heteroatoms. The second kappa shape index (κ2) is 8.68. The third-order valence-corrected chi connectivity index (χ3v) is 6.00. The van der Waals surface area contributed by atoms with E-state index in [1.54, 1.807) is 16.8 Å². The van der Waals surface area contributed by atoms with E-state index in [0.29, 0.717) is 28.9 Å². The third-order valence-electron chi connectivity index (χ3n) is 6.00. The standard InChI is InChI=1S/C21H27N9O3/c1-2-16(31)23-12-3-5-13(6-4-12)24-19-27-17-11(9-15-18(32)28-21(33)26-15)10-22-30(17)20(29-19)25-14-7-8-14/h9-10,12-14,32H,2-8H2,1H3,(H,23,31)(H,24,25,29)(H2,26,28,33)/b11-9-. The summed E-state index contributed by atoms with van der Waals surface area (Å²) < 4.78 is 1.58. The van der Waals surface area contributed by atoms with E-state index in [2.05, 4.69) is 40.7 Å². The maximum Gasteiger partial charge on any atom is 0.326 e. The molecule has 0 atom stereocenters. The molecule has 33 heavy (non-hydrogen) atoms. The molecule has 2 saturated carbocycles. The van der Waals surface area contributed by atoms with E-state index >= 15 is 0 Å². The van der Waals surface area contributed by atoms with Gasteiger partial charge in [0.1, 0.15) is 5.69 Å². The number of H-pyrrole nitrogens is 2. The summed E-state index contributed by atoms with van der Waals surface area (Å²) in [6, 6.07) is 0.651. The number of hydrogen-bond acceptors (Lipinski definition) is 8. The first-order chi connectivity index (χ1) is 16.0. The zero-order valence-corrected chi connectivity index (χ0v) is 18.3. The van der Waals surface area contributed by atoms with E-state index in [1.807, 2.05) is 6.92 Å². The van der Waals surface area contributed by atoms with E-state index in [9.17, 15) is 14.7 Å². The number of anilines is 1. The van der Waals surface area contributed by atoms with Gasteiger partial charge in [0.25, 0.3) is 5.62 Å². The van der Waals surface area contributed by atoms with E-state index in [0.717, 1.165) is 38.5 Å². The Hall–Kier alpha value is -3.70. The summed E-state index contributed by atoms with van der Waals surface area (Å²) in [7, 11) is 0. The lowest BCUT2D eigenvalue weighted by Crippen LogP contribution is -2.40. The molecule has 2 aliphatic rings. The molecule has 0 unspecified atom stereocenters. The minimum atomic E-state index is -0.498.